The molecule has 1 heterocycles. The fraction of sp³-hybridized carbons (Fsp3) is 0.727. The Hall–Kier alpha value is -0.460. The zero-order valence-electron chi connectivity index (χ0n) is 10.8. The van der Waals surface area contributed by atoms with Gasteiger partial charge >= 0.3 is 0 Å². The van der Waals surface area contributed by atoms with Crippen LogP contribution in [0.25, 0.3) is 0 Å². The van der Waals surface area contributed by atoms with Gasteiger partial charge in [0.2, 0.25) is 0 Å². The third-order valence-electron chi connectivity index (χ3n) is 2.48. The summed E-state index contributed by atoms with van der Waals surface area (Å²) in [6.07, 6.45) is 1.92. The summed E-state index contributed by atoms with van der Waals surface area (Å²) in [6, 6.07) is 0.237. The fourth-order valence-electron chi connectivity index (χ4n) is 1.69. The molecule has 0 aromatic carbocycles. The first-order valence-electron chi connectivity index (χ1n) is 5.64. The fourth-order valence-corrected chi connectivity index (χ4v) is 3.32. The van der Waals surface area contributed by atoms with E-state index in [0.717, 1.165) is 10.7 Å². The smallest absolute Gasteiger partial charge is 0.147 e. The molecular formula is C11H20N2O2S2. The van der Waals surface area contributed by atoms with Gasteiger partial charge in [0.15, 0.2) is 0 Å². The second kappa shape index (κ2) is 5.93. The average Bonchev–Trinajstić information content (AvgIpc) is 2.51. The topological polar surface area (TPSA) is 59.1 Å². The van der Waals surface area contributed by atoms with Crippen molar-refractivity contribution in [2.24, 2.45) is 0 Å². The maximum Gasteiger partial charge on any atom is 0.147 e. The van der Waals surface area contributed by atoms with Crippen molar-refractivity contribution in [1.29, 1.82) is 0 Å². The highest BCUT2D eigenvalue weighted by atomic mass is 32.2. The molecule has 0 aliphatic carbocycles. The Morgan fingerprint density at radius 2 is 2.06 bits per heavy atom. The minimum absolute atomic E-state index is 0.237. The van der Waals surface area contributed by atoms with Crippen molar-refractivity contribution in [2.75, 3.05) is 18.6 Å². The molecule has 1 aromatic rings. The summed E-state index contributed by atoms with van der Waals surface area (Å²) >= 11 is 1.69. The van der Waals surface area contributed by atoms with Gasteiger partial charge in [-0.05, 0) is 33.7 Å². The lowest BCUT2D eigenvalue weighted by Crippen LogP contribution is -2.21. The van der Waals surface area contributed by atoms with E-state index >= 15 is 0 Å². The van der Waals surface area contributed by atoms with Gasteiger partial charge in [-0.1, -0.05) is 0 Å². The standard InChI is InChI=1S/C11H20N2O2S2/c1-8(11-9(2)13-10(3)16-11)12-6-5-7-17(4,14)15/h8,12H,5-7H2,1-4H3. The number of hydrogen-bond donors (Lipinski definition) is 1. The van der Waals surface area contributed by atoms with Crippen molar-refractivity contribution in [1.82, 2.24) is 10.3 Å². The van der Waals surface area contributed by atoms with E-state index < -0.39 is 9.84 Å². The molecule has 0 aliphatic rings. The number of nitrogens with one attached hydrogen (secondary N) is 1. The summed E-state index contributed by atoms with van der Waals surface area (Å²) in [5.74, 6) is 0.243. The molecule has 0 saturated carbocycles. The van der Waals surface area contributed by atoms with Crippen LogP contribution in [0.1, 0.15) is 35.0 Å². The first kappa shape index (κ1) is 14.6. The van der Waals surface area contributed by atoms with Crippen molar-refractivity contribution >= 4 is 21.2 Å². The first-order valence-corrected chi connectivity index (χ1v) is 8.52. The van der Waals surface area contributed by atoms with Gasteiger partial charge in [0.1, 0.15) is 9.84 Å². The molecule has 0 radical (unpaired) electrons. The van der Waals surface area contributed by atoms with E-state index in [4.69, 9.17) is 0 Å². The maximum absolute atomic E-state index is 11.0. The molecule has 0 spiro atoms. The molecule has 1 rings (SSSR count). The second-order valence-corrected chi connectivity index (χ2v) is 7.84. The Morgan fingerprint density at radius 3 is 2.53 bits per heavy atom. The van der Waals surface area contributed by atoms with Crippen molar-refractivity contribution < 1.29 is 8.42 Å². The normalized spacial score (nSPS) is 13.9. The van der Waals surface area contributed by atoms with Crippen LogP contribution in [0.5, 0.6) is 0 Å². The third-order valence-corrected chi connectivity index (χ3v) is 4.76. The molecule has 17 heavy (non-hydrogen) atoms. The highest BCUT2D eigenvalue weighted by molar-refractivity contribution is 7.90. The molecule has 1 unspecified atom stereocenters. The lowest BCUT2D eigenvalue weighted by atomic mass is 10.2. The number of hydrogen-bond acceptors (Lipinski definition) is 5. The molecule has 6 heteroatoms. The van der Waals surface area contributed by atoms with Crippen molar-refractivity contribution in [3.63, 3.8) is 0 Å². The number of aromatic nitrogens is 1. The molecule has 0 amide bonds. The molecule has 98 valence electrons. The molecule has 0 fully saturated rings. The number of nitrogens with zero attached hydrogens (tertiary/aromatic N) is 1. The van der Waals surface area contributed by atoms with E-state index in [1.807, 2.05) is 13.8 Å². The summed E-state index contributed by atoms with van der Waals surface area (Å²) in [6.45, 7) is 6.80. The summed E-state index contributed by atoms with van der Waals surface area (Å²) in [5.41, 5.74) is 1.07. The minimum Gasteiger partial charge on any atom is -0.309 e. The monoisotopic (exact) mass is 276 g/mol. The Kier molecular flexibility index (Phi) is 5.09. The summed E-state index contributed by atoms with van der Waals surface area (Å²) < 4.78 is 21.9. The summed E-state index contributed by atoms with van der Waals surface area (Å²) in [7, 11) is -2.84. The van der Waals surface area contributed by atoms with Gasteiger partial charge in [-0.2, -0.15) is 0 Å². The molecule has 1 N–H and O–H groups in total. The van der Waals surface area contributed by atoms with Crippen LogP contribution in [0, 0.1) is 13.8 Å². The van der Waals surface area contributed by atoms with Crippen LogP contribution in [0.2, 0.25) is 0 Å². The molecule has 1 aromatic heterocycles. The largest absolute Gasteiger partial charge is 0.309 e. The Morgan fingerprint density at radius 1 is 1.41 bits per heavy atom. The molecule has 1 atom stereocenters. The number of aryl methyl sites for hydroxylation is 2. The van der Waals surface area contributed by atoms with E-state index in [0.29, 0.717) is 13.0 Å². The summed E-state index contributed by atoms with van der Waals surface area (Å²) in [4.78, 5) is 5.62. The average molecular weight is 276 g/mol. The van der Waals surface area contributed by atoms with E-state index in [1.54, 1.807) is 11.3 Å². The molecule has 0 saturated heterocycles. The van der Waals surface area contributed by atoms with Crippen molar-refractivity contribution in [3.05, 3.63) is 15.6 Å². The van der Waals surface area contributed by atoms with Crippen LogP contribution in [0.15, 0.2) is 0 Å². The molecule has 0 bridgehead atoms. The number of sulfone groups is 1. The minimum atomic E-state index is -2.84. The lowest BCUT2D eigenvalue weighted by molar-refractivity contribution is 0.565. The predicted octanol–water partition coefficient (Wildman–Crippen LogP) is 1.85. The molecule has 0 aliphatic heterocycles. The quantitative estimate of drug-likeness (QED) is 0.806. The van der Waals surface area contributed by atoms with Crippen LogP contribution >= 0.6 is 11.3 Å². The maximum atomic E-state index is 11.0. The van der Waals surface area contributed by atoms with Gasteiger partial charge in [-0.25, -0.2) is 13.4 Å². The van der Waals surface area contributed by atoms with Crippen LogP contribution in [0.4, 0.5) is 0 Å². The van der Waals surface area contributed by atoms with Gasteiger partial charge in [-0.15, -0.1) is 11.3 Å². The van der Waals surface area contributed by atoms with Gasteiger partial charge in [-0.3, -0.25) is 0 Å². The Bertz CT molecular complexity index is 466. The number of thiazole rings is 1. The van der Waals surface area contributed by atoms with Gasteiger partial charge in [0.05, 0.1) is 16.5 Å². The summed E-state index contributed by atoms with van der Waals surface area (Å²) in [5, 5.41) is 4.40. The van der Waals surface area contributed by atoms with Gasteiger partial charge in [0.25, 0.3) is 0 Å². The van der Waals surface area contributed by atoms with Crippen LogP contribution < -0.4 is 5.32 Å². The van der Waals surface area contributed by atoms with Gasteiger partial charge < -0.3 is 5.32 Å². The highest BCUT2D eigenvalue weighted by Crippen LogP contribution is 2.24. The second-order valence-electron chi connectivity index (χ2n) is 4.34. The third kappa shape index (κ3) is 5.14. The highest BCUT2D eigenvalue weighted by Gasteiger charge is 2.12. The zero-order valence-corrected chi connectivity index (χ0v) is 12.4. The molecular weight excluding hydrogens is 256 g/mol. The van der Waals surface area contributed by atoms with Crippen molar-refractivity contribution in [3.8, 4) is 0 Å². The van der Waals surface area contributed by atoms with Crippen molar-refractivity contribution in [2.45, 2.75) is 33.2 Å². The van der Waals surface area contributed by atoms with Crippen LogP contribution in [0.3, 0.4) is 0 Å². The van der Waals surface area contributed by atoms with Crippen LogP contribution in [-0.4, -0.2) is 32.0 Å². The SMILES string of the molecule is Cc1nc(C)c(C(C)NCCCS(C)(=O)=O)s1. The van der Waals surface area contributed by atoms with E-state index in [1.165, 1.54) is 11.1 Å². The first-order chi connectivity index (χ1) is 7.79. The van der Waals surface area contributed by atoms with Gasteiger partial charge in [0, 0.05) is 17.2 Å². The predicted molar refractivity (Wildman–Crippen MR) is 72.3 cm³/mol. The lowest BCUT2D eigenvalue weighted by Gasteiger charge is -2.12. The van der Waals surface area contributed by atoms with Crippen LogP contribution in [-0.2, 0) is 9.84 Å². The van der Waals surface area contributed by atoms with E-state index in [-0.39, 0.29) is 11.8 Å². The number of rotatable bonds is 6. The van der Waals surface area contributed by atoms with E-state index in [9.17, 15) is 8.42 Å². The van der Waals surface area contributed by atoms with E-state index in [2.05, 4.69) is 17.2 Å². The molecule has 4 nitrogen and oxygen atoms in total. The Balaban J connectivity index is 2.40. The Labute approximate surface area is 107 Å². The zero-order chi connectivity index (χ0) is 13.1.